The maximum absolute atomic E-state index is 5.02. The van der Waals surface area contributed by atoms with E-state index in [0.29, 0.717) is 0 Å². The summed E-state index contributed by atoms with van der Waals surface area (Å²) >= 11 is 0. The van der Waals surface area contributed by atoms with Crippen LogP contribution in [0.1, 0.15) is 37.5 Å². The molecule has 0 radical (unpaired) electrons. The first kappa shape index (κ1) is 16.7. The van der Waals surface area contributed by atoms with Crippen LogP contribution in [0, 0.1) is 13.8 Å². The molecule has 2 aromatic carbocycles. The van der Waals surface area contributed by atoms with Gasteiger partial charge in [-0.25, -0.2) is 4.98 Å². The molecule has 0 spiro atoms. The first-order valence-corrected chi connectivity index (χ1v) is 9.11. The molecule has 26 heavy (non-hydrogen) atoms. The van der Waals surface area contributed by atoms with Crippen molar-refractivity contribution in [2.75, 3.05) is 0 Å². The molecule has 0 aliphatic rings. The fourth-order valence-corrected chi connectivity index (χ4v) is 3.66. The molecule has 0 saturated heterocycles. The van der Waals surface area contributed by atoms with Crippen LogP contribution in [0.4, 0.5) is 0 Å². The number of aromatic nitrogens is 2. The van der Waals surface area contributed by atoms with E-state index >= 15 is 0 Å². The Balaban J connectivity index is 1.96. The highest BCUT2D eigenvalue weighted by Gasteiger charge is 2.17. The van der Waals surface area contributed by atoms with Crippen molar-refractivity contribution < 1.29 is 0 Å². The molecule has 0 atom stereocenters. The van der Waals surface area contributed by atoms with Gasteiger partial charge in [0.25, 0.3) is 0 Å². The maximum Gasteiger partial charge on any atom is 0.0972 e. The molecule has 0 saturated carbocycles. The lowest BCUT2D eigenvalue weighted by molar-refractivity contribution is 0.589. The van der Waals surface area contributed by atoms with E-state index in [0.717, 1.165) is 27.5 Å². The van der Waals surface area contributed by atoms with Gasteiger partial charge in [0.2, 0.25) is 0 Å². The molecule has 2 aromatic heterocycles. The standard InChI is InChI=1S/C24H24N2/c1-15-13-19(24(3,4)5)14-16(2)21(15)20-11-10-18-9-8-17-7-6-12-25-22(17)23(18)26-20/h6-14H,1-5H3. The summed E-state index contributed by atoms with van der Waals surface area (Å²) in [6, 6.07) is 17.2. The molecule has 2 nitrogen and oxygen atoms in total. The third-order valence-corrected chi connectivity index (χ3v) is 5.09. The Morgan fingerprint density at radius 3 is 2.04 bits per heavy atom. The second kappa shape index (κ2) is 5.91. The summed E-state index contributed by atoms with van der Waals surface area (Å²) in [5.41, 5.74) is 8.24. The third kappa shape index (κ3) is 2.76. The quantitative estimate of drug-likeness (QED) is 0.377. The van der Waals surface area contributed by atoms with E-state index in [1.807, 2.05) is 12.3 Å². The maximum atomic E-state index is 5.02. The molecule has 0 amide bonds. The summed E-state index contributed by atoms with van der Waals surface area (Å²) < 4.78 is 0. The summed E-state index contributed by atoms with van der Waals surface area (Å²) in [5.74, 6) is 0. The lowest BCUT2D eigenvalue weighted by Gasteiger charge is -2.22. The number of fused-ring (bicyclic) bond motifs is 3. The Hall–Kier alpha value is -2.74. The highest BCUT2D eigenvalue weighted by atomic mass is 14.8. The van der Waals surface area contributed by atoms with E-state index in [4.69, 9.17) is 4.98 Å². The minimum Gasteiger partial charge on any atom is -0.254 e. The van der Waals surface area contributed by atoms with Crippen molar-refractivity contribution in [1.29, 1.82) is 0 Å². The molecular weight excluding hydrogens is 316 g/mol. The van der Waals surface area contributed by atoms with Gasteiger partial charge in [0.1, 0.15) is 0 Å². The zero-order valence-electron chi connectivity index (χ0n) is 16.1. The van der Waals surface area contributed by atoms with Crippen molar-refractivity contribution in [2.24, 2.45) is 0 Å². The molecule has 4 aromatic rings. The second-order valence-electron chi connectivity index (χ2n) is 8.14. The number of rotatable bonds is 1. The van der Waals surface area contributed by atoms with Crippen molar-refractivity contribution in [1.82, 2.24) is 9.97 Å². The van der Waals surface area contributed by atoms with Gasteiger partial charge in [-0.1, -0.05) is 57.2 Å². The van der Waals surface area contributed by atoms with Crippen LogP contribution in [0.5, 0.6) is 0 Å². The Labute approximate surface area is 154 Å². The topological polar surface area (TPSA) is 25.8 Å². The molecule has 4 rings (SSSR count). The number of aryl methyl sites for hydroxylation is 2. The van der Waals surface area contributed by atoms with Gasteiger partial charge in [-0.2, -0.15) is 0 Å². The largest absolute Gasteiger partial charge is 0.254 e. The smallest absolute Gasteiger partial charge is 0.0972 e. The van der Waals surface area contributed by atoms with Crippen molar-refractivity contribution in [2.45, 2.75) is 40.0 Å². The summed E-state index contributed by atoms with van der Waals surface area (Å²) in [4.78, 5) is 9.60. The Bertz CT molecular complexity index is 1110. The normalized spacial score (nSPS) is 12.0. The fraction of sp³-hybridized carbons (Fsp3) is 0.250. The van der Waals surface area contributed by atoms with E-state index in [1.165, 1.54) is 22.3 Å². The Morgan fingerprint density at radius 2 is 1.38 bits per heavy atom. The van der Waals surface area contributed by atoms with E-state index < -0.39 is 0 Å². The molecule has 0 unspecified atom stereocenters. The molecule has 2 heterocycles. The van der Waals surface area contributed by atoms with Crippen molar-refractivity contribution in [3.8, 4) is 11.3 Å². The van der Waals surface area contributed by atoms with E-state index in [1.54, 1.807) is 0 Å². The SMILES string of the molecule is Cc1cc(C(C)(C)C)cc(C)c1-c1ccc2ccc3cccnc3c2n1. The van der Waals surface area contributed by atoms with Crippen LogP contribution in [0.25, 0.3) is 33.1 Å². The summed E-state index contributed by atoms with van der Waals surface area (Å²) in [6.07, 6.45) is 1.84. The molecule has 0 aliphatic carbocycles. The zero-order valence-corrected chi connectivity index (χ0v) is 16.1. The Kier molecular flexibility index (Phi) is 3.80. The molecule has 0 N–H and O–H groups in total. The monoisotopic (exact) mass is 340 g/mol. The van der Waals surface area contributed by atoms with Crippen molar-refractivity contribution >= 4 is 21.8 Å². The van der Waals surface area contributed by atoms with Crippen LogP contribution in [0.15, 0.2) is 54.7 Å². The molecular formula is C24H24N2. The summed E-state index contributed by atoms with van der Waals surface area (Å²) in [5, 5.41) is 2.25. The summed E-state index contributed by atoms with van der Waals surface area (Å²) in [6.45, 7) is 11.1. The Morgan fingerprint density at radius 1 is 0.769 bits per heavy atom. The number of nitrogens with zero attached hydrogens (tertiary/aromatic N) is 2. The van der Waals surface area contributed by atoms with Crippen LogP contribution in [0.2, 0.25) is 0 Å². The first-order chi connectivity index (χ1) is 12.3. The van der Waals surface area contributed by atoms with E-state index in [-0.39, 0.29) is 5.41 Å². The van der Waals surface area contributed by atoms with Gasteiger partial charge in [-0.3, -0.25) is 4.98 Å². The number of hydrogen-bond acceptors (Lipinski definition) is 2. The second-order valence-corrected chi connectivity index (χ2v) is 8.14. The van der Waals surface area contributed by atoms with Gasteiger partial charge < -0.3 is 0 Å². The van der Waals surface area contributed by atoms with Gasteiger partial charge in [-0.15, -0.1) is 0 Å². The van der Waals surface area contributed by atoms with Gasteiger partial charge in [0.05, 0.1) is 16.7 Å². The zero-order chi connectivity index (χ0) is 18.5. The lowest BCUT2D eigenvalue weighted by atomic mass is 9.83. The van der Waals surface area contributed by atoms with Crippen molar-refractivity contribution in [3.63, 3.8) is 0 Å². The van der Waals surface area contributed by atoms with Crippen molar-refractivity contribution in [3.05, 3.63) is 71.4 Å². The third-order valence-electron chi connectivity index (χ3n) is 5.09. The van der Waals surface area contributed by atoms with Crippen LogP contribution < -0.4 is 0 Å². The predicted molar refractivity (Wildman–Crippen MR) is 111 cm³/mol. The molecule has 130 valence electrons. The van der Waals surface area contributed by atoms with Crippen LogP contribution in [-0.2, 0) is 5.41 Å². The molecule has 2 heteroatoms. The lowest BCUT2D eigenvalue weighted by Crippen LogP contribution is -2.12. The minimum atomic E-state index is 0.144. The number of benzene rings is 2. The minimum absolute atomic E-state index is 0.144. The van der Waals surface area contributed by atoms with Crippen LogP contribution in [-0.4, -0.2) is 9.97 Å². The number of hydrogen-bond donors (Lipinski definition) is 0. The predicted octanol–water partition coefficient (Wildman–Crippen LogP) is 6.36. The average molecular weight is 340 g/mol. The molecule has 0 bridgehead atoms. The molecule has 0 fully saturated rings. The first-order valence-electron chi connectivity index (χ1n) is 9.11. The van der Waals surface area contributed by atoms with Gasteiger partial charge in [0, 0.05) is 22.5 Å². The average Bonchev–Trinajstić information content (AvgIpc) is 2.60. The van der Waals surface area contributed by atoms with Gasteiger partial charge >= 0.3 is 0 Å². The highest BCUT2D eigenvalue weighted by Crippen LogP contribution is 2.33. The number of pyridine rings is 2. The summed E-state index contributed by atoms with van der Waals surface area (Å²) in [7, 11) is 0. The van der Waals surface area contributed by atoms with Gasteiger partial charge in [-0.05, 0) is 48.1 Å². The van der Waals surface area contributed by atoms with Crippen LogP contribution in [0.3, 0.4) is 0 Å². The van der Waals surface area contributed by atoms with E-state index in [9.17, 15) is 0 Å². The van der Waals surface area contributed by atoms with Gasteiger partial charge in [0.15, 0.2) is 0 Å². The highest BCUT2D eigenvalue weighted by molar-refractivity contribution is 6.03. The van der Waals surface area contributed by atoms with Crippen LogP contribution >= 0.6 is 0 Å². The molecule has 0 aliphatic heterocycles. The van der Waals surface area contributed by atoms with E-state index in [2.05, 4.69) is 82.1 Å². The fourth-order valence-electron chi connectivity index (χ4n) is 3.66.